The van der Waals surface area contributed by atoms with E-state index in [4.69, 9.17) is 21.6 Å². The molecule has 0 bridgehead atoms. The highest BCUT2D eigenvalue weighted by Gasteiger charge is 2.26. The van der Waals surface area contributed by atoms with Gasteiger partial charge in [-0.1, -0.05) is 0 Å². The van der Waals surface area contributed by atoms with Gasteiger partial charge in [0.2, 0.25) is 5.95 Å². The lowest BCUT2D eigenvalue weighted by molar-refractivity contribution is 0.442. The van der Waals surface area contributed by atoms with Crippen molar-refractivity contribution in [2.75, 3.05) is 11.5 Å². The van der Waals surface area contributed by atoms with Crippen LogP contribution in [-0.2, 0) is 6.42 Å². The third-order valence-electron chi connectivity index (χ3n) is 2.98. The van der Waals surface area contributed by atoms with E-state index in [9.17, 15) is 0 Å². The maximum Gasteiger partial charge on any atom is 0.222 e. The van der Waals surface area contributed by atoms with E-state index in [1.54, 1.807) is 0 Å². The molecule has 1 unspecified atom stereocenters. The van der Waals surface area contributed by atoms with Gasteiger partial charge < -0.3 is 21.6 Å². The van der Waals surface area contributed by atoms with Crippen molar-refractivity contribution < 1.29 is 4.42 Å². The Hall–Kier alpha value is -1.82. The number of anilines is 2. The number of hydrogen-bond donors (Lipinski definition) is 3. The van der Waals surface area contributed by atoms with Crippen LogP contribution in [0.15, 0.2) is 4.42 Å². The Morgan fingerprint density at radius 3 is 2.88 bits per heavy atom. The highest BCUT2D eigenvalue weighted by atomic mass is 16.3. The fourth-order valence-corrected chi connectivity index (χ4v) is 2.25. The average Bonchev–Trinajstić information content (AvgIpc) is 2.59. The molecular formula is C10H13N5O. The Morgan fingerprint density at radius 1 is 1.25 bits per heavy atom. The molecule has 0 aliphatic heterocycles. The van der Waals surface area contributed by atoms with Gasteiger partial charge in [0.25, 0.3) is 0 Å². The highest BCUT2D eigenvalue weighted by Crippen LogP contribution is 2.36. The second-order valence-corrected chi connectivity index (χ2v) is 4.09. The van der Waals surface area contributed by atoms with Crippen LogP contribution < -0.4 is 17.2 Å². The van der Waals surface area contributed by atoms with Crippen molar-refractivity contribution in [3.05, 3.63) is 11.3 Å². The first-order valence-corrected chi connectivity index (χ1v) is 5.26. The Morgan fingerprint density at radius 2 is 2.06 bits per heavy atom. The van der Waals surface area contributed by atoms with Gasteiger partial charge in [0.05, 0.1) is 6.04 Å². The van der Waals surface area contributed by atoms with Crippen LogP contribution in [0.4, 0.5) is 11.8 Å². The number of aromatic nitrogens is 2. The minimum Gasteiger partial charge on any atom is -0.453 e. The molecule has 3 rings (SSSR count). The summed E-state index contributed by atoms with van der Waals surface area (Å²) in [6.45, 7) is 0. The molecule has 0 aromatic carbocycles. The molecule has 0 amide bonds. The lowest BCUT2D eigenvalue weighted by Gasteiger charge is -2.15. The van der Waals surface area contributed by atoms with Crippen molar-refractivity contribution in [2.24, 2.45) is 5.73 Å². The number of aryl methyl sites for hydroxylation is 1. The molecule has 6 heteroatoms. The van der Waals surface area contributed by atoms with Gasteiger partial charge in [-0.25, -0.2) is 4.98 Å². The van der Waals surface area contributed by atoms with Crippen LogP contribution in [-0.4, -0.2) is 9.97 Å². The summed E-state index contributed by atoms with van der Waals surface area (Å²) in [5.74, 6) is 1.24. The molecule has 0 saturated carbocycles. The summed E-state index contributed by atoms with van der Waals surface area (Å²) in [6.07, 6.45) is 2.87. The van der Waals surface area contributed by atoms with Crippen molar-refractivity contribution in [3.63, 3.8) is 0 Å². The van der Waals surface area contributed by atoms with Crippen molar-refractivity contribution in [2.45, 2.75) is 25.3 Å². The zero-order valence-corrected chi connectivity index (χ0v) is 8.73. The Balaban J connectivity index is 2.36. The molecule has 0 fully saturated rings. The quantitative estimate of drug-likeness (QED) is 0.601. The van der Waals surface area contributed by atoms with E-state index in [1.807, 2.05) is 0 Å². The van der Waals surface area contributed by atoms with Crippen LogP contribution in [0.25, 0.3) is 11.1 Å². The second kappa shape index (κ2) is 3.08. The molecule has 0 radical (unpaired) electrons. The number of nitrogens with two attached hydrogens (primary N) is 3. The number of nitrogen functional groups attached to an aromatic ring is 2. The van der Waals surface area contributed by atoms with Gasteiger partial charge >= 0.3 is 0 Å². The predicted octanol–water partition coefficient (Wildman–Crippen LogP) is 0.723. The standard InChI is InChI=1S/C10H13N5O/c11-5-3-1-2-4-6-8(16-7(4)5)9(12)15-10(13)14-6/h5H,1-3,11H2,(H4,12,13,14,15). The van der Waals surface area contributed by atoms with Crippen LogP contribution >= 0.6 is 0 Å². The van der Waals surface area contributed by atoms with E-state index < -0.39 is 0 Å². The molecule has 2 heterocycles. The van der Waals surface area contributed by atoms with Crippen LogP contribution in [0.1, 0.15) is 30.2 Å². The van der Waals surface area contributed by atoms with Crippen molar-refractivity contribution in [3.8, 4) is 0 Å². The summed E-state index contributed by atoms with van der Waals surface area (Å²) in [4.78, 5) is 8.06. The molecule has 1 aliphatic rings. The zero-order valence-electron chi connectivity index (χ0n) is 8.73. The first kappa shape index (κ1) is 9.41. The normalized spacial score (nSPS) is 19.9. The van der Waals surface area contributed by atoms with Gasteiger partial charge in [0.15, 0.2) is 11.4 Å². The Bertz CT molecular complexity index is 562. The monoisotopic (exact) mass is 219 g/mol. The Kier molecular flexibility index (Phi) is 1.81. The van der Waals surface area contributed by atoms with Crippen LogP contribution in [0.3, 0.4) is 0 Å². The summed E-state index contributed by atoms with van der Waals surface area (Å²) in [5.41, 5.74) is 19.6. The summed E-state index contributed by atoms with van der Waals surface area (Å²) in [5, 5.41) is 0. The molecule has 1 aliphatic carbocycles. The van der Waals surface area contributed by atoms with Crippen molar-refractivity contribution in [1.29, 1.82) is 0 Å². The Labute approximate surface area is 91.8 Å². The lowest BCUT2D eigenvalue weighted by atomic mass is 9.94. The third-order valence-corrected chi connectivity index (χ3v) is 2.98. The summed E-state index contributed by atoms with van der Waals surface area (Å²) in [6, 6.07) is -0.0708. The van der Waals surface area contributed by atoms with Gasteiger partial charge in [-0.3, -0.25) is 0 Å². The van der Waals surface area contributed by atoms with Gasteiger partial charge in [0, 0.05) is 5.56 Å². The number of fused-ring (bicyclic) bond motifs is 3. The van der Waals surface area contributed by atoms with Crippen LogP contribution in [0.5, 0.6) is 0 Å². The molecule has 6 N–H and O–H groups in total. The molecule has 16 heavy (non-hydrogen) atoms. The van der Waals surface area contributed by atoms with Gasteiger partial charge in [-0.05, 0) is 19.3 Å². The van der Waals surface area contributed by atoms with Crippen molar-refractivity contribution in [1.82, 2.24) is 9.97 Å². The van der Waals surface area contributed by atoms with E-state index in [1.165, 1.54) is 0 Å². The maximum atomic E-state index is 5.98. The zero-order chi connectivity index (χ0) is 11.3. The van der Waals surface area contributed by atoms with E-state index in [0.717, 1.165) is 36.1 Å². The molecule has 84 valence electrons. The minimum absolute atomic E-state index is 0.0708. The SMILES string of the molecule is Nc1nc(N)c2oc3c(c2n1)CCCC3N. The molecule has 6 nitrogen and oxygen atoms in total. The molecule has 0 spiro atoms. The minimum atomic E-state index is -0.0708. The predicted molar refractivity (Wildman–Crippen MR) is 60.5 cm³/mol. The molecule has 1 atom stereocenters. The average molecular weight is 219 g/mol. The van der Waals surface area contributed by atoms with E-state index in [0.29, 0.717) is 5.58 Å². The molecule has 2 aromatic heterocycles. The number of furan rings is 1. The molecular weight excluding hydrogens is 206 g/mol. The molecule has 2 aromatic rings. The number of rotatable bonds is 0. The fourth-order valence-electron chi connectivity index (χ4n) is 2.25. The smallest absolute Gasteiger partial charge is 0.222 e. The summed E-state index contributed by atoms with van der Waals surface area (Å²) >= 11 is 0. The van der Waals surface area contributed by atoms with E-state index >= 15 is 0 Å². The van der Waals surface area contributed by atoms with Crippen LogP contribution in [0.2, 0.25) is 0 Å². The summed E-state index contributed by atoms with van der Waals surface area (Å²) < 4.78 is 5.66. The first-order chi connectivity index (χ1) is 7.66. The molecule has 0 saturated heterocycles. The van der Waals surface area contributed by atoms with Gasteiger partial charge in [0.1, 0.15) is 11.3 Å². The van der Waals surface area contributed by atoms with Crippen molar-refractivity contribution >= 4 is 22.9 Å². The van der Waals surface area contributed by atoms with Gasteiger partial charge in [-0.15, -0.1) is 0 Å². The topological polar surface area (TPSA) is 117 Å². The third kappa shape index (κ3) is 1.16. The summed E-state index contributed by atoms with van der Waals surface area (Å²) in [7, 11) is 0. The van der Waals surface area contributed by atoms with E-state index in [2.05, 4.69) is 9.97 Å². The maximum absolute atomic E-state index is 5.98. The largest absolute Gasteiger partial charge is 0.453 e. The van der Waals surface area contributed by atoms with E-state index in [-0.39, 0.29) is 17.8 Å². The second-order valence-electron chi connectivity index (χ2n) is 4.09. The van der Waals surface area contributed by atoms with Crippen LogP contribution in [0, 0.1) is 0 Å². The first-order valence-electron chi connectivity index (χ1n) is 5.26. The lowest BCUT2D eigenvalue weighted by Crippen LogP contribution is -2.15. The fraction of sp³-hybridized carbons (Fsp3) is 0.400. The van der Waals surface area contributed by atoms with Gasteiger partial charge in [-0.2, -0.15) is 4.98 Å². The number of hydrogen-bond acceptors (Lipinski definition) is 6. The number of nitrogens with zero attached hydrogens (tertiary/aromatic N) is 2. The highest BCUT2D eigenvalue weighted by molar-refractivity contribution is 5.87.